The lowest BCUT2D eigenvalue weighted by atomic mass is 10.4. The third-order valence-corrected chi connectivity index (χ3v) is 3.67. The first kappa shape index (κ1) is 15.4. The van der Waals surface area contributed by atoms with E-state index in [4.69, 9.17) is 0 Å². The molecule has 0 saturated heterocycles. The van der Waals surface area contributed by atoms with Crippen LogP contribution in [0.3, 0.4) is 0 Å². The molecule has 7 heteroatoms. The number of thiazole rings is 1. The van der Waals surface area contributed by atoms with Crippen molar-refractivity contribution in [1.82, 2.24) is 20.5 Å². The molecule has 0 unspecified atom stereocenters. The summed E-state index contributed by atoms with van der Waals surface area (Å²) in [6, 6.07) is -0.280. The van der Waals surface area contributed by atoms with Crippen LogP contribution < -0.4 is 10.6 Å². The van der Waals surface area contributed by atoms with Crippen molar-refractivity contribution >= 4 is 23.3 Å². The van der Waals surface area contributed by atoms with Crippen LogP contribution in [-0.2, 0) is 11.3 Å². The van der Waals surface area contributed by atoms with Crippen LogP contribution in [0.4, 0.5) is 4.79 Å². The van der Waals surface area contributed by atoms with Gasteiger partial charge in [0, 0.05) is 31.9 Å². The molecular formula is C12H20N4O2S. The summed E-state index contributed by atoms with van der Waals surface area (Å²) in [5, 5.41) is 6.24. The van der Waals surface area contributed by atoms with Gasteiger partial charge in [0.15, 0.2) is 0 Å². The second-order valence-corrected chi connectivity index (χ2v) is 5.68. The minimum absolute atomic E-state index is 0.00790. The molecule has 0 atom stereocenters. The fourth-order valence-corrected chi connectivity index (χ4v) is 2.21. The molecule has 6 nitrogen and oxygen atoms in total. The highest BCUT2D eigenvalue weighted by Gasteiger charge is 2.07. The Morgan fingerprint density at radius 3 is 2.47 bits per heavy atom. The summed E-state index contributed by atoms with van der Waals surface area (Å²) < 4.78 is 0. The molecule has 1 heterocycles. The Morgan fingerprint density at radius 1 is 1.26 bits per heavy atom. The average Bonchev–Trinajstić information content (AvgIpc) is 2.66. The topological polar surface area (TPSA) is 74.3 Å². The van der Waals surface area contributed by atoms with Crippen LogP contribution in [0.5, 0.6) is 0 Å². The third-order valence-electron chi connectivity index (χ3n) is 2.60. The van der Waals surface area contributed by atoms with Gasteiger partial charge in [-0.1, -0.05) is 0 Å². The van der Waals surface area contributed by atoms with E-state index >= 15 is 0 Å². The van der Waals surface area contributed by atoms with E-state index in [1.165, 1.54) is 4.90 Å². The molecule has 0 saturated carbocycles. The van der Waals surface area contributed by atoms with Crippen molar-refractivity contribution < 1.29 is 9.59 Å². The van der Waals surface area contributed by atoms with E-state index in [-0.39, 0.29) is 11.9 Å². The van der Waals surface area contributed by atoms with Gasteiger partial charge in [0.25, 0.3) is 0 Å². The van der Waals surface area contributed by atoms with E-state index in [0.29, 0.717) is 19.5 Å². The maximum atomic E-state index is 11.5. The number of amides is 3. The molecule has 1 rings (SSSR count). The zero-order chi connectivity index (χ0) is 14.4. The molecule has 19 heavy (non-hydrogen) atoms. The maximum absolute atomic E-state index is 11.5. The van der Waals surface area contributed by atoms with Gasteiger partial charge in [-0.15, -0.1) is 11.3 Å². The number of hydrogen-bond acceptors (Lipinski definition) is 4. The number of carbonyl (C=O) groups excluding carboxylic acids is 2. The quantitative estimate of drug-likeness (QED) is 0.848. The zero-order valence-corrected chi connectivity index (χ0v) is 12.6. The summed E-state index contributed by atoms with van der Waals surface area (Å²) in [6.45, 7) is 4.69. The van der Waals surface area contributed by atoms with Crippen molar-refractivity contribution in [2.24, 2.45) is 0 Å². The molecular weight excluding hydrogens is 264 g/mol. The van der Waals surface area contributed by atoms with Gasteiger partial charge in [0.05, 0.1) is 12.2 Å². The van der Waals surface area contributed by atoms with Crippen molar-refractivity contribution in [3.63, 3.8) is 0 Å². The molecule has 0 aliphatic heterocycles. The van der Waals surface area contributed by atoms with Crippen molar-refractivity contribution in [1.29, 1.82) is 0 Å². The van der Waals surface area contributed by atoms with E-state index in [1.807, 2.05) is 13.8 Å². The monoisotopic (exact) mass is 284 g/mol. The fraction of sp³-hybridized carbons (Fsp3) is 0.583. The van der Waals surface area contributed by atoms with Crippen LogP contribution in [0.2, 0.25) is 0 Å². The Hall–Kier alpha value is -1.63. The Balaban J connectivity index is 2.23. The highest BCUT2D eigenvalue weighted by Crippen LogP contribution is 2.15. The number of nitrogens with zero attached hydrogens (tertiary/aromatic N) is 2. The molecule has 0 spiro atoms. The van der Waals surface area contributed by atoms with Gasteiger partial charge in [0.1, 0.15) is 5.01 Å². The van der Waals surface area contributed by atoms with E-state index < -0.39 is 0 Å². The van der Waals surface area contributed by atoms with Crippen LogP contribution in [0.15, 0.2) is 0 Å². The van der Waals surface area contributed by atoms with Gasteiger partial charge in [-0.2, -0.15) is 0 Å². The first-order valence-corrected chi connectivity index (χ1v) is 6.86. The predicted molar refractivity (Wildman–Crippen MR) is 75.1 cm³/mol. The van der Waals surface area contributed by atoms with E-state index in [2.05, 4.69) is 15.6 Å². The standard InChI is InChI=1S/C12H20N4O2S/c1-8-9(2)19-10(15-8)7-14-12(18)13-6-5-11(17)16(3)4/h5-7H2,1-4H3,(H2,13,14,18). The van der Waals surface area contributed by atoms with Crippen LogP contribution in [0.25, 0.3) is 0 Å². The van der Waals surface area contributed by atoms with Gasteiger partial charge in [-0.3, -0.25) is 4.79 Å². The minimum Gasteiger partial charge on any atom is -0.349 e. The number of rotatable bonds is 5. The lowest BCUT2D eigenvalue weighted by Crippen LogP contribution is -2.37. The number of carbonyl (C=O) groups is 2. The summed E-state index contributed by atoms with van der Waals surface area (Å²) in [5.74, 6) is -0.00790. The van der Waals surface area contributed by atoms with E-state index in [0.717, 1.165) is 15.6 Å². The van der Waals surface area contributed by atoms with E-state index in [9.17, 15) is 9.59 Å². The zero-order valence-electron chi connectivity index (χ0n) is 11.7. The molecule has 0 aliphatic rings. The van der Waals surface area contributed by atoms with E-state index in [1.54, 1.807) is 25.4 Å². The number of aromatic nitrogens is 1. The normalized spacial score (nSPS) is 10.1. The summed E-state index contributed by atoms with van der Waals surface area (Å²) in [7, 11) is 3.38. The molecule has 3 amide bonds. The predicted octanol–water partition coefficient (Wildman–Crippen LogP) is 1.04. The molecule has 2 N–H and O–H groups in total. The first-order chi connectivity index (χ1) is 8.90. The Kier molecular flexibility index (Phi) is 5.75. The van der Waals surface area contributed by atoms with Crippen molar-refractivity contribution in [2.75, 3.05) is 20.6 Å². The molecule has 0 bridgehead atoms. The van der Waals surface area contributed by atoms with Gasteiger partial charge >= 0.3 is 6.03 Å². The molecule has 0 aromatic carbocycles. The number of hydrogen-bond donors (Lipinski definition) is 2. The summed E-state index contributed by atoms with van der Waals surface area (Å²) in [4.78, 5) is 29.8. The molecule has 1 aromatic heterocycles. The SMILES string of the molecule is Cc1nc(CNC(=O)NCCC(=O)N(C)C)sc1C. The van der Waals surface area contributed by atoms with Crippen LogP contribution in [0, 0.1) is 13.8 Å². The average molecular weight is 284 g/mol. The smallest absolute Gasteiger partial charge is 0.315 e. The first-order valence-electron chi connectivity index (χ1n) is 6.05. The molecule has 1 aromatic rings. The number of urea groups is 1. The van der Waals surface area contributed by atoms with Crippen molar-refractivity contribution in [3.8, 4) is 0 Å². The second kappa shape index (κ2) is 7.08. The Bertz CT molecular complexity index is 437. The largest absolute Gasteiger partial charge is 0.349 e. The summed E-state index contributed by atoms with van der Waals surface area (Å²) in [5.41, 5.74) is 0.999. The number of aryl methyl sites for hydroxylation is 2. The van der Waals surface area contributed by atoms with Crippen LogP contribution in [0.1, 0.15) is 22.0 Å². The lowest BCUT2D eigenvalue weighted by molar-refractivity contribution is -0.128. The fourth-order valence-electron chi connectivity index (χ4n) is 1.34. The van der Waals surface area contributed by atoms with Crippen molar-refractivity contribution in [2.45, 2.75) is 26.8 Å². The van der Waals surface area contributed by atoms with Crippen LogP contribution in [-0.4, -0.2) is 42.5 Å². The molecule has 0 radical (unpaired) electrons. The van der Waals surface area contributed by atoms with Gasteiger partial charge in [-0.05, 0) is 13.8 Å². The number of nitrogens with one attached hydrogen (secondary N) is 2. The Labute approximate surface area is 117 Å². The Morgan fingerprint density at radius 2 is 1.95 bits per heavy atom. The van der Waals surface area contributed by atoms with Gasteiger partial charge in [0.2, 0.25) is 5.91 Å². The van der Waals surface area contributed by atoms with Crippen LogP contribution >= 0.6 is 11.3 Å². The molecule has 0 aliphatic carbocycles. The highest BCUT2D eigenvalue weighted by atomic mass is 32.1. The summed E-state index contributed by atoms with van der Waals surface area (Å²) in [6.07, 6.45) is 0.301. The highest BCUT2D eigenvalue weighted by molar-refractivity contribution is 7.11. The lowest BCUT2D eigenvalue weighted by Gasteiger charge is -2.10. The third kappa shape index (κ3) is 5.25. The molecule has 106 valence electrons. The second-order valence-electron chi connectivity index (χ2n) is 4.40. The van der Waals surface area contributed by atoms with Crippen molar-refractivity contribution in [3.05, 3.63) is 15.6 Å². The maximum Gasteiger partial charge on any atom is 0.315 e. The minimum atomic E-state index is -0.280. The summed E-state index contributed by atoms with van der Waals surface area (Å²) >= 11 is 1.57. The van der Waals surface area contributed by atoms with Gasteiger partial charge in [-0.25, -0.2) is 9.78 Å². The molecule has 0 fully saturated rings. The van der Waals surface area contributed by atoms with Gasteiger partial charge < -0.3 is 15.5 Å².